The highest BCUT2D eigenvalue weighted by Gasteiger charge is 2.96. The molecular weight excluding hydrogens is 537 g/mol. The minimum atomic E-state index is -8.84. The highest BCUT2D eigenvalue weighted by atomic mass is 32.2. The maximum absolute atomic E-state index is 13.3. The molecule has 0 amide bonds. The first-order chi connectivity index (χ1) is 13.1. The van der Waals surface area contributed by atoms with Crippen LogP contribution >= 0.6 is 0 Å². The molecule has 0 aromatic rings. The van der Waals surface area contributed by atoms with Crippen LogP contribution in [0.3, 0.4) is 0 Å². The first-order valence-corrected chi connectivity index (χ1v) is 8.07. The lowest BCUT2D eigenvalue weighted by Crippen LogP contribution is -2.75. The third-order valence-electron chi connectivity index (χ3n) is 3.28. The summed E-state index contributed by atoms with van der Waals surface area (Å²) in [5.74, 6) is -51.6. The number of hydrogen-bond donors (Lipinski definition) is 1. The van der Waals surface area contributed by atoms with E-state index in [0.717, 1.165) is 0 Å². The van der Waals surface area contributed by atoms with Crippen molar-refractivity contribution < 1.29 is 87.2 Å². The summed E-state index contributed by atoms with van der Waals surface area (Å²) in [5, 5.41) is -7.61. The van der Waals surface area contributed by atoms with Crippen LogP contribution in [0.15, 0.2) is 0 Å². The normalized spacial score (nSPS) is 16.1. The zero-order valence-corrected chi connectivity index (χ0v) is 15.3. The molecule has 22 heteroatoms. The van der Waals surface area contributed by atoms with E-state index in [-0.39, 0.29) is 6.15 Å². The van der Waals surface area contributed by atoms with Gasteiger partial charge in [-0.15, -0.1) is 0 Å². The van der Waals surface area contributed by atoms with Crippen LogP contribution in [0.5, 0.6) is 0 Å². The summed E-state index contributed by atoms with van der Waals surface area (Å²) in [5.41, 5.74) is 0. The molecule has 0 aliphatic rings. The molecule has 0 aliphatic carbocycles. The van der Waals surface area contributed by atoms with Crippen molar-refractivity contribution in [2.24, 2.45) is 0 Å². The van der Waals surface area contributed by atoms with Gasteiger partial charge in [-0.2, -0.15) is 83.1 Å². The van der Waals surface area contributed by atoms with Gasteiger partial charge in [0.05, 0.1) is 6.61 Å². The third-order valence-corrected chi connectivity index (χ3v) is 4.71. The molecule has 0 atom stereocenters. The molecule has 0 aliphatic heterocycles. The van der Waals surface area contributed by atoms with Crippen LogP contribution < -0.4 is 6.15 Å². The maximum atomic E-state index is 13.3. The number of alkyl halides is 17. The second kappa shape index (κ2) is 8.17. The van der Waals surface area contributed by atoms with Crippen LogP contribution in [0, 0.1) is 0 Å². The van der Waals surface area contributed by atoms with Crippen LogP contribution in [0.2, 0.25) is 0 Å². The molecule has 0 radical (unpaired) electrons. The summed E-state index contributed by atoms with van der Waals surface area (Å²) in [7, 11) is -7.40. The van der Waals surface area contributed by atoms with Gasteiger partial charge in [-0.3, -0.25) is 4.18 Å². The van der Waals surface area contributed by atoms with Crippen molar-refractivity contribution >= 4 is 10.1 Å². The highest BCUT2D eigenvalue weighted by molar-refractivity contribution is 7.87. The lowest BCUT2D eigenvalue weighted by Gasteiger charge is -2.42. The van der Waals surface area contributed by atoms with Gasteiger partial charge in [0.15, 0.2) is 0 Å². The van der Waals surface area contributed by atoms with Crippen LogP contribution in [0.4, 0.5) is 74.6 Å². The standard InChI is InChI=1S/C10H5F17O3S.H3N/c1-2-30-31(28,29)10(26,27)8(21,22)6(17,18)4(13,14)3(11,12)5(15,16)7(19,20)9(23,24)25;/h2H2,1H3;1H3. The van der Waals surface area contributed by atoms with Crippen molar-refractivity contribution in [3.05, 3.63) is 0 Å². The molecule has 0 unspecified atom stereocenters. The van der Waals surface area contributed by atoms with Gasteiger partial charge in [0.2, 0.25) is 0 Å². The largest absolute Gasteiger partial charge is 0.460 e. The lowest BCUT2D eigenvalue weighted by atomic mass is 9.91. The van der Waals surface area contributed by atoms with Crippen LogP contribution in [-0.4, -0.2) is 62.0 Å². The SMILES string of the molecule is CCOS(=O)(=O)C(F)(F)C(F)(F)C(F)(F)C(F)(F)C(F)(F)C(F)(F)C(F)(F)C(F)(F)F.N. The first kappa shape index (κ1) is 32.9. The molecule has 0 aromatic heterocycles. The molecule has 3 N–H and O–H groups in total. The van der Waals surface area contributed by atoms with Crippen molar-refractivity contribution in [2.45, 2.75) is 53.9 Å². The van der Waals surface area contributed by atoms with E-state index in [1.807, 2.05) is 0 Å². The Morgan fingerprint density at radius 3 is 1.03 bits per heavy atom. The summed E-state index contributed by atoms with van der Waals surface area (Å²) < 4.78 is 244. The fourth-order valence-electron chi connectivity index (χ4n) is 1.54. The average molecular weight is 545 g/mol. The number of halogens is 17. The molecule has 0 saturated carbocycles. The second-order valence-electron chi connectivity index (χ2n) is 5.32. The molecule has 196 valence electrons. The lowest BCUT2D eigenvalue weighted by molar-refractivity contribution is -0.458. The Morgan fingerprint density at radius 2 is 0.781 bits per heavy atom. The number of rotatable bonds is 9. The van der Waals surface area contributed by atoms with Gasteiger partial charge in [-0.05, 0) is 6.92 Å². The minimum Gasteiger partial charge on any atom is -0.344 e. The fraction of sp³-hybridized carbons (Fsp3) is 1.00. The molecule has 0 fully saturated rings. The molecule has 4 nitrogen and oxygen atoms in total. The topological polar surface area (TPSA) is 78.4 Å². The Morgan fingerprint density at radius 1 is 0.531 bits per heavy atom. The van der Waals surface area contributed by atoms with E-state index < -0.39 is 63.7 Å². The highest BCUT2D eigenvalue weighted by Crippen LogP contribution is 2.64. The predicted molar refractivity (Wildman–Crippen MR) is 66.3 cm³/mol. The van der Waals surface area contributed by atoms with Gasteiger partial charge in [0, 0.05) is 0 Å². The van der Waals surface area contributed by atoms with E-state index in [0.29, 0.717) is 6.92 Å². The zero-order valence-electron chi connectivity index (χ0n) is 14.5. The van der Waals surface area contributed by atoms with E-state index in [1.54, 1.807) is 0 Å². The van der Waals surface area contributed by atoms with Crippen LogP contribution in [-0.2, 0) is 14.3 Å². The summed E-state index contributed by atoms with van der Waals surface area (Å²) in [6.07, 6.45) is -7.87. The Bertz CT molecular complexity index is 772. The van der Waals surface area contributed by atoms with Crippen molar-refractivity contribution in [3.8, 4) is 0 Å². The molecule has 0 saturated heterocycles. The molecule has 0 rings (SSSR count). The zero-order chi connectivity index (χ0) is 25.9. The second-order valence-corrected chi connectivity index (χ2v) is 6.98. The smallest absolute Gasteiger partial charge is 0.344 e. The van der Waals surface area contributed by atoms with Gasteiger partial charge in [-0.25, -0.2) is 0 Å². The van der Waals surface area contributed by atoms with Crippen molar-refractivity contribution in [2.75, 3.05) is 6.61 Å². The van der Waals surface area contributed by atoms with Crippen LogP contribution in [0.25, 0.3) is 0 Å². The van der Waals surface area contributed by atoms with Gasteiger partial charge in [0.25, 0.3) is 0 Å². The summed E-state index contributed by atoms with van der Waals surface area (Å²) in [6, 6.07) is 0. The van der Waals surface area contributed by atoms with Crippen LogP contribution in [0.1, 0.15) is 6.92 Å². The molecule has 0 aromatic carbocycles. The number of hydrogen-bond acceptors (Lipinski definition) is 4. The van der Waals surface area contributed by atoms with E-state index in [9.17, 15) is 83.1 Å². The van der Waals surface area contributed by atoms with Gasteiger partial charge in [0.1, 0.15) is 0 Å². The Labute approximate surface area is 165 Å². The monoisotopic (exact) mass is 545 g/mol. The maximum Gasteiger partial charge on any atom is 0.460 e. The van der Waals surface area contributed by atoms with E-state index in [1.165, 1.54) is 0 Å². The molecular formula is C10H8F17NO3S. The molecule has 0 bridgehead atoms. The van der Waals surface area contributed by atoms with Crippen molar-refractivity contribution in [1.82, 2.24) is 6.15 Å². The van der Waals surface area contributed by atoms with Gasteiger partial charge in [-0.1, -0.05) is 0 Å². The summed E-state index contributed by atoms with van der Waals surface area (Å²) in [6.45, 7) is -1.17. The molecule has 0 spiro atoms. The average Bonchev–Trinajstić information content (AvgIpc) is 2.52. The quantitative estimate of drug-likeness (QED) is 0.308. The minimum absolute atomic E-state index is 0. The summed E-state index contributed by atoms with van der Waals surface area (Å²) in [4.78, 5) is 0. The van der Waals surface area contributed by atoms with Gasteiger partial charge >= 0.3 is 57.1 Å². The fourth-order valence-corrected chi connectivity index (χ4v) is 2.44. The van der Waals surface area contributed by atoms with Gasteiger partial charge < -0.3 is 6.15 Å². The van der Waals surface area contributed by atoms with E-state index >= 15 is 0 Å². The Hall–Kier alpha value is -1.32. The van der Waals surface area contributed by atoms with E-state index in [2.05, 4.69) is 4.18 Å². The van der Waals surface area contributed by atoms with Crippen molar-refractivity contribution in [1.29, 1.82) is 0 Å². The third kappa shape index (κ3) is 3.94. The molecule has 0 heterocycles. The predicted octanol–water partition coefficient (Wildman–Crippen LogP) is 5.48. The van der Waals surface area contributed by atoms with Crippen molar-refractivity contribution in [3.63, 3.8) is 0 Å². The first-order valence-electron chi connectivity index (χ1n) is 6.66. The Balaban J connectivity index is 0. The Kier molecular flexibility index (Phi) is 8.38. The summed E-state index contributed by atoms with van der Waals surface area (Å²) >= 11 is 0. The van der Waals surface area contributed by atoms with E-state index in [4.69, 9.17) is 0 Å². The molecule has 32 heavy (non-hydrogen) atoms.